The zero-order valence-electron chi connectivity index (χ0n) is 21.6. The summed E-state index contributed by atoms with van der Waals surface area (Å²) in [4.78, 5) is 53.1. The van der Waals surface area contributed by atoms with E-state index >= 15 is 0 Å². The molecule has 0 aromatic carbocycles. The fourth-order valence-corrected chi connectivity index (χ4v) is 7.36. The molecule has 14 nitrogen and oxygen atoms in total. The first kappa shape index (κ1) is 25.7. The van der Waals surface area contributed by atoms with E-state index in [0.717, 1.165) is 0 Å². The number of amides is 2. The van der Waals surface area contributed by atoms with E-state index in [1.54, 1.807) is 31.2 Å². The molecule has 1 aliphatic heterocycles. The van der Waals surface area contributed by atoms with Gasteiger partial charge in [-0.1, -0.05) is 6.07 Å². The summed E-state index contributed by atoms with van der Waals surface area (Å²) in [5.41, 5.74) is 0.592. The highest BCUT2D eigenvalue weighted by molar-refractivity contribution is 7.91. The highest BCUT2D eigenvalue weighted by atomic mass is 32.2. The molecule has 15 heteroatoms. The molecular weight excluding hydrogens is 538 g/mol. The monoisotopic (exact) mass is 563 g/mol. The van der Waals surface area contributed by atoms with E-state index in [-0.39, 0.29) is 35.4 Å². The first-order chi connectivity index (χ1) is 19.1. The molecular formula is C25H25N9O5S. The van der Waals surface area contributed by atoms with Crippen molar-refractivity contribution in [1.82, 2.24) is 39.8 Å². The van der Waals surface area contributed by atoms with Gasteiger partial charge in [-0.25, -0.2) is 18.4 Å². The second-order valence-corrected chi connectivity index (χ2v) is 12.1. The number of Topliss-reactive ketones (excluding diaryl/α,β-unsaturated/α-hetero) is 1. The van der Waals surface area contributed by atoms with Crippen LogP contribution in [-0.2, 0) is 26.0 Å². The molecule has 2 amide bonds. The molecule has 0 spiro atoms. The van der Waals surface area contributed by atoms with Gasteiger partial charge in [-0.3, -0.25) is 29.1 Å². The summed E-state index contributed by atoms with van der Waals surface area (Å²) < 4.78 is 27.5. The number of carbonyl (C=O) groups is 3. The highest BCUT2D eigenvalue weighted by Gasteiger charge is 2.68. The van der Waals surface area contributed by atoms with Gasteiger partial charge < -0.3 is 10.2 Å². The Morgan fingerprint density at radius 3 is 2.75 bits per heavy atom. The third kappa shape index (κ3) is 4.41. The number of sulfone groups is 1. The number of pyridine rings is 2. The zero-order valence-corrected chi connectivity index (χ0v) is 22.4. The minimum atomic E-state index is -3.87. The van der Waals surface area contributed by atoms with Crippen LogP contribution in [0.3, 0.4) is 0 Å². The predicted octanol–water partition coefficient (Wildman–Crippen LogP) is 0.928. The maximum atomic E-state index is 13.8. The largest absolute Gasteiger partial charge is 0.325 e. The summed E-state index contributed by atoms with van der Waals surface area (Å²) in [6, 6.07) is 5.41. The van der Waals surface area contributed by atoms with Crippen LogP contribution in [-0.4, -0.2) is 83.7 Å². The van der Waals surface area contributed by atoms with Gasteiger partial charge in [0.15, 0.2) is 5.78 Å². The number of ketones is 1. The van der Waals surface area contributed by atoms with Crippen LogP contribution in [0.5, 0.6) is 0 Å². The van der Waals surface area contributed by atoms with E-state index in [0.29, 0.717) is 28.8 Å². The van der Waals surface area contributed by atoms with Crippen molar-refractivity contribution < 1.29 is 22.8 Å². The average molecular weight is 564 g/mol. The van der Waals surface area contributed by atoms with Crippen LogP contribution in [0.1, 0.15) is 35.9 Å². The van der Waals surface area contributed by atoms with Gasteiger partial charge in [0, 0.05) is 35.7 Å². The average Bonchev–Trinajstić information content (AvgIpc) is 3.31. The van der Waals surface area contributed by atoms with E-state index in [1.165, 1.54) is 35.2 Å². The van der Waals surface area contributed by atoms with Crippen LogP contribution in [0.2, 0.25) is 0 Å². The van der Waals surface area contributed by atoms with Crippen molar-refractivity contribution in [2.75, 3.05) is 11.1 Å². The smallest absolute Gasteiger partial charge is 0.266 e. The van der Waals surface area contributed by atoms with Crippen molar-refractivity contribution in [3.63, 3.8) is 0 Å². The molecule has 2 N–H and O–H groups in total. The molecule has 40 heavy (non-hydrogen) atoms. The topological polar surface area (TPSA) is 186 Å². The SMILES string of the molecule is CC(=O)c1nn(CC(=O)N2[C@H](C(=O)Nc3cccc(C)n3)C[C@@]3(CS(=O)(=O)c4nc[nH]n4)C[C@@H]23)c2cnccc12. The van der Waals surface area contributed by atoms with Gasteiger partial charge in [-0.15, -0.1) is 5.10 Å². The van der Waals surface area contributed by atoms with Crippen LogP contribution in [0.25, 0.3) is 10.9 Å². The Hall–Kier alpha value is -4.53. The molecule has 5 heterocycles. The lowest BCUT2D eigenvalue weighted by Crippen LogP contribution is -2.46. The van der Waals surface area contributed by atoms with Crippen molar-refractivity contribution in [2.24, 2.45) is 5.41 Å². The number of anilines is 1. The minimum absolute atomic E-state index is 0.144. The second-order valence-electron chi connectivity index (χ2n) is 10.3. The fourth-order valence-electron chi connectivity index (χ4n) is 5.64. The van der Waals surface area contributed by atoms with Crippen LogP contribution >= 0.6 is 0 Å². The molecule has 2 aliphatic rings. The van der Waals surface area contributed by atoms with Gasteiger partial charge in [0.1, 0.15) is 30.4 Å². The summed E-state index contributed by atoms with van der Waals surface area (Å²) in [6.45, 7) is 2.92. The third-order valence-electron chi connectivity index (χ3n) is 7.47. The Morgan fingerprint density at radius 1 is 1.20 bits per heavy atom. The summed E-state index contributed by atoms with van der Waals surface area (Å²) in [6.07, 6.45) is 4.79. The summed E-state index contributed by atoms with van der Waals surface area (Å²) in [5, 5.41) is 13.5. The van der Waals surface area contributed by atoms with Crippen molar-refractivity contribution in [3.05, 3.63) is 54.4 Å². The lowest BCUT2D eigenvalue weighted by molar-refractivity contribution is -0.138. The van der Waals surface area contributed by atoms with Gasteiger partial charge >= 0.3 is 0 Å². The number of aromatic nitrogens is 7. The van der Waals surface area contributed by atoms with E-state index in [9.17, 15) is 22.8 Å². The quantitative estimate of drug-likeness (QED) is 0.292. The number of H-pyrrole nitrogens is 1. The third-order valence-corrected chi connectivity index (χ3v) is 9.18. The van der Waals surface area contributed by atoms with E-state index in [1.807, 2.05) is 0 Å². The molecule has 4 aromatic heterocycles. The summed E-state index contributed by atoms with van der Waals surface area (Å²) >= 11 is 0. The number of rotatable bonds is 8. The minimum Gasteiger partial charge on any atom is -0.325 e. The van der Waals surface area contributed by atoms with Gasteiger partial charge in [0.25, 0.3) is 5.16 Å². The van der Waals surface area contributed by atoms with Crippen LogP contribution in [0, 0.1) is 12.3 Å². The number of carbonyl (C=O) groups excluding carboxylic acids is 3. The molecule has 0 radical (unpaired) electrons. The van der Waals surface area contributed by atoms with Gasteiger partial charge in [0.2, 0.25) is 21.7 Å². The second kappa shape index (κ2) is 9.29. The number of hydrogen-bond acceptors (Lipinski definition) is 10. The molecule has 1 saturated heterocycles. The van der Waals surface area contributed by atoms with Gasteiger partial charge in [-0.2, -0.15) is 5.10 Å². The van der Waals surface area contributed by atoms with Crippen molar-refractivity contribution >= 4 is 44.2 Å². The predicted molar refractivity (Wildman–Crippen MR) is 140 cm³/mol. The molecule has 0 bridgehead atoms. The molecule has 3 atom stereocenters. The lowest BCUT2D eigenvalue weighted by atomic mass is 10.0. The molecule has 6 rings (SSSR count). The van der Waals surface area contributed by atoms with Gasteiger partial charge in [-0.05, 0) is 38.0 Å². The normalized spacial score (nSPS) is 21.8. The lowest BCUT2D eigenvalue weighted by Gasteiger charge is -2.26. The zero-order chi connectivity index (χ0) is 28.2. The fraction of sp³-hybridized carbons (Fsp3) is 0.360. The molecule has 206 valence electrons. The Morgan fingerprint density at radius 2 is 2.02 bits per heavy atom. The van der Waals surface area contributed by atoms with E-state index in [4.69, 9.17) is 0 Å². The number of nitrogens with one attached hydrogen (secondary N) is 2. The number of fused-ring (bicyclic) bond motifs is 2. The molecule has 0 unspecified atom stereocenters. The number of nitrogens with zero attached hydrogens (tertiary/aromatic N) is 7. The standard InChI is InChI=1S/C25H25N9O5S/c1-14-4-3-5-20(29-14)30-23(37)17-8-25(12-40(38,39)24-27-13-28-31-24)9-19(25)34(17)21(36)11-33-18-10-26-7-6-16(18)22(32-33)15(2)35/h3-7,10,13,17,19H,8-9,11-12H2,1-2H3,(H,27,28,31)(H,29,30,37)/t17-,19+,25-/m0/s1. The molecule has 1 aliphatic carbocycles. The van der Waals surface area contributed by atoms with Crippen molar-refractivity contribution in [1.29, 1.82) is 0 Å². The highest BCUT2D eigenvalue weighted by Crippen LogP contribution is 2.60. The molecule has 2 fully saturated rings. The number of aryl methyl sites for hydroxylation is 1. The summed E-state index contributed by atoms with van der Waals surface area (Å²) in [7, 11) is -3.87. The number of hydrogen-bond donors (Lipinski definition) is 2. The first-order valence-electron chi connectivity index (χ1n) is 12.5. The Balaban J connectivity index is 1.31. The van der Waals surface area contributed by atoms with E-state index in [2.05, 4.69) is 35.6 Å². The van der Waals surface area contributed by atoms with Crippen LogP contribution < -0.4 is 5.32 Å². The van der Waals surface area contributed by atoms with Crippen molar-refractivity contribution in [3.8, 4) is 0 Å². The number of piperidine rings is 1. The maximum Gasteiger partial charge on any atom is 0.266 e. The van der Waals surface area contributed by atoms with E-state index < -0.39 is 39.2 Å². The maximum absolute atomic E-state index is 13.8. The van der Waals surface area contributed by atoms with Gasteiger partial charge in [0.05, 0.1) is 17.5 Å². The summed E-state index contributed by atoms with van der Waals surface area (Å²) in [5.74, 6) is -1.13. The Kier molecular flexibility index (Phi) is 5.98. The molecule has 4 aromatic rings. The Bertz CT molecular complexity index is 1770. The van der Waals surface area contributed by atoms with Crippen molar-refractivity contribution in [2.45, 2.75) is 50.5 Å². The Labute approximate surface area is 228 Å². The molecule has 1 saturated carbocycles. The first-order valence-corrected chi connectivity index (χ1v) is 14.2. The van der Waals surface area contributed by atoms with Crippen LogP contribution in [0.4, 0.5) is 5.82 Å². The number of likely N-dealkylation sites (tertiary alicyclic amines) is 1. The number of aromatic amines is 1. The van der Waals surface area contributed by atoms with Crippen LogP contribution in [0.15, 0.2) is 48.1 Å².